The molecule has 0 bridgehead atoms. The molecular weight excluding hydrogens is 327 g/mol. The molecule has 0 aromatic carbocycles. The molecule has 0 radical (unpaired) electrons. The summed E-state index contributed by atoms with van der Waals surface area (Å²) in [5.41, 5.74) is -1.98. The summed E-state index contributed by atoms with van der Waals surface area (Å²) in [7, 11) is 0. The Morgan fingerprint density at radius 1 is 1.42 bits per heavy atom. The number of alkyl halides is 3. The number of carbonyl (C=O) groups is 1. The molecule has 128 valence electrons. The molecule has 0 saturated carbocycles. The van der Waals surface area contributed by atoms with Crippen molar-refractivity contribution in [3.05, 3.63) is 41.0 Å². The van der Waals surface area contributed by atoms with Gasteiger partial charge in [0.25, 0.3) is 5.91 Å². The number of aryl methyl sites for hydroxylation is 1. The highest BCUT2D eigenvalue weighted by atomic mass is 19.4. The van der Waals surface area contributed by atoms with Gasteiger partial charge in [-0.05, 0) is 19.1 Å². The maximum Gasteiger partial charge on any atom is 0.433 e. The summed E-state index contributed by atoms with van der Waals surface area (Å²) in [6.07, 6.45) is -2.93. The van der Waals surface area contributed by atoms with Gasteiger partial charge >= 0.3 is 6.18 Å². The van der Waals surface area contributed by atoms with Gasteiger partial charge in [0.2, 0.25) is 0 Å². The van der Waals surface area contributed by atoms with Gasteiger partial charge in [0.05, 0.1) is 24.0 Å². The lowest BCUT2D eigenvalue weighted by Crippen LogP contribution is -2.35. The summed E-state index contributed by atoms with van der Waals surface area (Å²) in [4.78, 5) is 17.4. The van der Waals surface area contributed by atoms with Crippen LogP contribution >= 0.6 is 0 Å². The van der Waals surface area contributed by atoms with Gasteiger partial charge in [-0.1, -0.05) is 0 Å². The Morgan fingerprint density at radius 2 is 2.17 bits per heavy atom. The van der Waals surface area contributed by atoms with E-state index in [0.717, 1.165) is 12.1 Å². The first-order valence-corrected chi connectivity index (χ1v) is 7.13. The van der Waals surface area contributed by atoms with Crippen molar-refractivity contribution in [3.63, 3.8) is 0 Å². The Labute approximate surface area is 134 Å². The number of rotatable bonds is 2. The van der Waals surface area contributed by atoms with Crippen LogP contribution in [0.15, 0.2) is 18.3 Å². The van der Waals surface area contributed by atoms with Crippen LogP contribution in [0, 0.1) is 6.92 Å². The summed E-state index contributed by atoms with van der Waals surface area (Å²) in [6.45, 7) is 1.59. The number of aromatic nitrogens is 4. The molecule has 24 heavy (non-hydrogen) atoms. The van der Waals surface area contributed by atoms with Crippen molar-refractivity contribution in [2.75, 3.05) is 13.1 Å². The molecule has 2 N–H and O–H groups in total. The minimum atomic E-state index is -4.56. The van der Waals surface area contributed by atoms with Crippen LogP contribution in [-0.2, 0) is 11.8 Å². The SMILES string of the molecule is Cc1nc(C(F)(F)F)ccc1C(=O)N1CCC(O)(c2cn[nH]n2)C1. The second-order valence-corrected chi connectivity index (χ2v) is 5.69. The zero-order valence-corrected chi connectivity index (χ0v) is 12.6. The Kier molecular flexibility index (Phi) is 3.78. The van der Waals surface area contributed by atoms with Crippen molar-refractivity contribution in [2.24, 2.45) is 0 Å². The van der Waals surface area contributed by atoms with Gasteiger partial charge in [-0.3, -0.25) is 4.79 Å². The van der Waals surface area contributed by atoms with E-state index in [4.69, 9.17) is 0 Å². The molecule has 1 aliphatic heterocycles. The molecule has 2 aromatic rings. The van der Waals surface area contributed by atoms with Crippen molar-refractivity contribution in [2.45, 2.75) is 25.1 Å². The van der Waals surface area contributed by atoms with Crippen LogP contribution in [0.2, 0.25) is 0 Å². The number of pyridine rings is 1. The maximum absolute atomic E-state index is 12.7. The molecule has 2 aromatic heterocycles. The number of halogens is 3. The van der Waals surface area contributed by atoms with E-state index in [1.165, 1.54) is 18.0 Å². The molecule has 3 rings (SSSR count). The molecule has 1 unspecified atom stereocenters. The van der Waals surface area contributed by atoms with E-state index in [2.05, 4.69) is 20.4 Å². The van der Waals surface area contributed by atoms with Crippen LogP contribution in [0.1, 0.15) is 33.9 Å². The number of aliphatic hydroxyl groups is 1. The summed E-state index contributed by atoms with van der Waals surface area (Å²) in [5.74, 6) is -0.479. The number of β-amino-alcohol motifs (C(OH)–C–C–N with tert-alkyl or cyclic N) is 1. The highest BCUT2D eigenvalue weighted by Gasteiger charge is 2.42. The number of aromatic amines is 1. The lowest BCUT2D eigenvalue weighted by molar-refractivity contribution is -0.141. The van der Waals surface area contributed by atoms with Gasteiger partial charge in [-0.15, -0.1) is 0 Å². The fraction of sp³-hybridized carbons (Fsp3) is 0.429. The normalized spacial score (nSPS) is 21.3. The van der Waals surface area contributed by atoms with E-state index >= 15 is 0 Å². The quantitative estimate of drug-likeness (QED) is 0.857. The number of nitrogens with one attached hydrogen (secondary N) is 1. The first kappa shape index (κ1) is 16.4. The highest BCUT2D eigenvalue weighted by Crippen LogP contribution is 2.32. The molecule has 1 amide bonds. The van der Waals surface area contributed by atoms with E-state index in [-0.39, 0.29) is 30.8 Å². The smallest absolute Gasteiger partial charge is 0.381 e. The molecular formula is C14H14F3N5O2. The van der Waals surface area contributed by atoms with Crippen molar-refractivity contribution in [3.8, 4) is 0 Å². The summed E-state index contributed by atoms with van der Waals surface area (Å²) < 4.78 is 38.0. The third-order valence-electron chi connectivity index (χ3n) is 4.03. The van der Waals surface area contributed by atoms with Crippen LogP contribution in [0.5, 0.6) is 0 Å². The second-order valence-electron chi connectivity index (χ2n) is 5.69. The number of hydrogen-bond donors (Lipinski definition) is 2. The third-order valence-corrected chi connectivity index (χ3v) is 4.03. The molecule has 0 aliphatic carbocycles. The van der Waals surface area contributed by atoms with E-state index in [1.54, 1.807) is 0 Å². The first-order valence-electron chi connectivity index (χ1n) is 7.13. The van der Waals surface area contributed by atoms with E-state index < -0.39 is 23.4 Å². The van der Waals surface area contributed by atoms with E-state index in [0.29, 0.717) is 5.69 Å². The minimum absolute atomic E-state index is 0.00768. The number of amides is 1. The van der Waals surface area contributed by atoms with Gasteiger partial charge in [0.1, 0.15) is 17.0 Å². The second kappa shape index (κ2) is 5.55. The van der Waals surface area contributed by atoms with Crippen LogP contribution < -0.4 is 0 Å². The van der Waals surface area contributed by atoms with E-state index in [9.17, 15) is 23.1 Å². The number of likely N-dealkylation sites (tertiary alicyclic amines) is 1. The lowest BCUT2D eigenvalue weighted by Gasteiger charge is -2.21. The largest absolute Gasteiger partial charge is 0.433 e. The summed E-state index contributed by atoms with van der Waals surface area (Å²) >= 11 is 0. The molecule has 0 spiro atoms. The van der Waals surface area contributed by atoms with Gasteiger partial charge in [0.15, 0.2) is 0 Å². The standard InChI is InChI=1S/C14H14F3N5O2/c1-8-9(2-3-10(19-8)14(15,16)17)12(23)22-5-4-13(24,7-22)11-6-18-21-20-11/h2-3,6,24H,4-5,7H2,1H3,(H,18,20,21). The number of hydrogen-bond acceptors (Lipinski definition) is 5. The Morgan fingerprint density at radius 3 is 2.75 bits per heavy atom. The van der Waals surface area contributed by atoms with Crippen molar-refractivity contribution in [1.29, 1.82) is 0 Å². The van der Waals surface area contributed by atoms with Gasteiger partial charge in [0, 0.05) is 13.0 Å². The van der Waals surface area contributed by atoms with Crippen LogP contribution in [0.4, 0.5) is 13.2 Å². The van der Waals surface area contributed by atoms with Crippen LogP contribution in [0.3, 0.4) is 0 Å². The van der Waals surface area contributed by atoms with Crippen molar-refractivity contribution in [1.82, 2.24) is 25.3 Å². The van der Waals surface area contributed by atoms with Crippen LogP contribution in [0.25, 0.3) is 0 Å². The Bertz CT molecular complexity index is 762. The van der Waals surface area contributed by atoms with Gasteiger partial charge < -0.3 is 10.0 Å². The third kappa shape index (κ3) is 2.84. The van der Waals surface area contributed by atoms with Gasteiger partial charge in [-0.25, -0.2) is 4.98 Å². The minimum Gasteiger partial charge on any atom is -0.381 e. The summed E-state index contributed by atoms with van der Waals surface area (Å²) in [5, 5.41) is 20.4. The monoisotopic (exact) mass is 341 g/mol. The lowest BCUT2D eigenvalue weighted by atomic mass is 10.00. The van der Waals surface area contributed by atoms with Crippen molar-refractivity contribution >= 4 is 5.91 Å². The first-order chi connectivity index (χ1) is 11.2. The van der Waals surface area contributed by atoms with E-state index in [1.807, 2.05) is 0 Å². The summed E-state index contributed by atoms with van der Waals surface area (Å²) in [6, 6.07) is 1.89. The van der Waals surface area contributed by atoms with Crippen LogP contribution in [-0.4, -0.2) is 49.4 Å². The Balaban J connectivity index is 1.81. The number of nitrogens with zero attached hydrogens (tertiary/aromatic N) is 4. The topological polar surface area (TPSA) is 95.0 Å². The predicted octanol–water partition coefficient (Wildman–Crippen LogP) is 1.26. The number of carbonyl (C=O) groups excluding carboxylic acids is 1. The predicted molar refractivity (Wildman–Crippen MR) is 74.8 cm³/mol. The highest BCUT2D eigenvalue weighted by molar-refractivity contribution is 5.95. The molecule has 3 heterocycles. The molecule has 1 aliphatic rings. The fourth-order valence-corrected chi connectivity index (χ4v) is 2.72. The molecule has 7 nitrogen and oxygen atoms in total. The number of H-pyrrole nitrogens is 1. The Hall–Kier alpha value is -2.49. The molecule has 1 atom stereocenters. The molecule has 1 saturated heterocycles. The molecule has 1 fully saturated rings. The molecule has 10 heteroatoms. The van der Waals surface area contributed by atoms with Crippen molar-refractivity contribution < 1.29 is 23.1 Å². The zero-order chi connectivity index (χ0) is 17.5. The fourth-order valence-electron chi connectivity index (χ4n) is 2.72. The average molecular weight is 341 g/mol. The average Bonchev–Trinajstić information content (AvgIpc) is 3.16. The zero-order valence-electron chi connectivity index (χ0n) is 12.6. The van der Waals surface area contributed by atoms with Gasteiger partial charge in [-0.2, -0.15) is 28.6 Å². The maximum atomic E-state index is 12.7.